The zero-order valence-electron chi connectivity index (χ0n) is 16.7. The van der Waals surface area contributed by atoms with E-state index < -0.39 is 0 Å². The summed E-state index contributed by atoms with van der Waals surface area (Å²) in [5.74, 6) is -0.0921. The summed E-state index contributed by atoms with van der Waals surface area (Å²) in [7, 11) is 0. The zero-order chi connectivity index (χ0) is 22.2. The minimum absolute atomic E-state index is 0.0921. The van der Waals surface area contributed by atoms with Crippen molar-refractivity contribution in [2.45, 2.75) is 23.5 Å². The third-order valence-electron chi connectivity index (χ3n) is 4.25. The number of rotatable bonds is 7. The number of halogens is 2. The second-order valence-corrected chi connectivity index (χ2v) is 9.10. The molecule has 4 nitrogen and oxygen atoms in total. The normalized spacial score (nSPS) is 11.5. The van der Waals surface area contributed by atoms with Crippen LogP contribution in [0.5, 0.6) is 0 Å². The van der Waals surface area contributed by atoms with E-state index in [0.29, 0.717) is 27.3 Å². The van der Waals surface area contributed by atoms with Crippen molar-refractivity contribution in [2.24, 2.45) is 0 Å². The summed E-state index contributed by atoms with van der Waals surface area (Å²) in [4.78, 5) is 13.7. The third kappa shape index (κ3) is 7.14. The molecule has 1 unspecified atom stereocenters. The number of carbonyl (C=O) groups is 1. The number of hydrogen-bond acceptors (Lipinski definition) is 3. The number of nitrogens with one attached hydrogen (secondary N) is 3. The van der Waals surface area contributed by atoms with Crippen molar-refractivity contribution in [3.8, 4) is 0 Å². The summed E-state index contributed by atoms with van der Waals surface area (Å²) in [6.07, 6.45) is 0.670. The summed E-state index contributed by atoms with van der Waals surface area (Å²) >= 11 is 18.9. The van der Waals surface area contributed by atoms with Crippen molar-refractivity contribution in [2.75, 3.05) is 16.0 Å². The predicted molar refractivity (Wildman–Crippen MR) is 138 cm³/mol. The minimum atomic E-state index is -0.265. The van der Waals surface area contributed by atoms with Crippen LogP contribution in [0, 0.1) is 0 Å². The van der Waals surface area contributed by atoms with Crippen molar-refractivity contribution in [1.29, 1.82) is 0 Å². The Morgan fingerprint density at radius 2 is 1.55 bits per heavy atom. The highest BCUT2D eigenvalue weighted by molar-refractivity contribution is 8.00. The smallest absolute Gasteiger partial charge is 0.237 e. The van der Waals surface area contributed by atoms with Crippen molar-refractivity contribution >= 4 is 75.3 Å². The van der Waals surface area contributed by atoms with E-state index in [-0.39, 0.29) is 11.2 Å². The Morgan fingerprint density at radius 1 is 0.871 bits per heavy atom. The number of amides is 1. The quantitative estimate of drug-likeness (QED) is 0.240. The fourth-order valence-electron chi connectivity index (χ4n) is 2.75. The van der Waals surface area contributed by atoms with Gasteiger partial charge in [-0.1, -0.05) is 54.4 Å². The standard InChI is InChI=1S/C23H21Cl2N3OS2/c1-2-21(22(29)26-17-11-12-19(24)20(25)14-17)31-18-10-6-9-16(13-18)28-23(30)27-15-7-4-3-5-8-15/h3-14,21H,2H2,1H3,(H,26,29)(H2,27,28,30). The van der Waals surface area contributed by atoms with Crippen LogP contribution in [0.4, 0.5) is 17.1 Å². The van der Waals surface area contributed by atoms with E-state index in [9.17, 15) is 4.79 Å². The number of hydrogen-bond donors (Lipinski definition) is 3. The van der Waals surface area contributed by atoms with Gasteiger partial charge in [0.25, 0.3) is 0 Å². The van der Waals surface area contributed by atoms with Crippen LogP contribution in [0.2, 0.25) is 10.0 Å². The van der Waals surface area contributed by atoms with Gasteiger partial charge in [-0.2, -0.15) is 0 Å². The van der Waals surface area contributed by atoms with Gasteiger partial charge in [0, 0.05) is 22.0 Å². The molecule has 0 aliphatic carbocycles. The van der Waals surface area contributed by atoms with Crippen molar-refractivity contribution in [1.82, 2.24) is 0 Å². The van der Waals surface area contributed by atoms with E-state index in [1.54, 1.807) is 18.2 Å². The van der Waals surface area contributed by atoms with Gasteiger partial charge in [0.2, 0.25) is 5.91 Å². The van der Waals surface area contributed by atoms with E-state index in [1.807, 2.05) is 61.5 Å². The summed E-state index contributed by atoms with van der Waals surface area (Å²) < 4.78 is 0. The predicted octanol–water partition coefficient (Wildman–Crippen LogP) is 7.31. The SMILES string of the molecule is CCC(Sc1cccc(NC(=S)Nc2ccccc2)c1)C(=O)Nc1ccc(Cl)c(Cl)c1. The van der Waals surface area contributed by atoms with E-state index in [2.05, 4.69) is 16.0 Å². The fraction of sp³-hybridized carbons (Fsp3) is 0.130. The number of carbonyl (C=O) groups excluding carboxylic acids is 1. The van der Waals surface area contributed by atoms with Crippen molar-refractivity contribution in [3.05, 3.63) is 82.8 Å². The molecule has 31 heavy (non-hydrogen) atoms. The van der Waals surface area contributed by atoms with E-state index in [1.165, 1.54) is 11.8 Å². The molecule has 3 N–H and O–H groups in total. The van der Waals surface area contributed by atoms with E-state index in [0.717, 1.165) is 16.3 Å². The average Bonchev–Trinajstić information content (AvgIpc) is 2.75. The highest BCUT2D eigenvalue weighted by Crippen LogP contribution is 2.30. The Balaban J connectivity index is 1.61. The molecule has 3 aromatic carbocycles. The maximum absolute atomic E-state index is 12.8. The van der Waals surface area contributed by atoms with Gasteiger partial charge < -0.3 is 16.0 Å². The number of thiocarbonyl (C=S) groups is 1. The van der Waals surface area contributed by atoms with Crippen LogP contribution in [-0.4, -0.2) is 16.3 Å². The van der Waals surface area contributed by atoms with Gasteiger partial charge in [-0.15, -0.1) is 11.8 Å². The van der Waals surface area contributed by atoms with Crippen LogP contribution in [0.25, 0.3) is 0 Å². The second-order valence-electron chi connectivity index (χ2n) is 6.61. The highest BCUT2D eigenvalue weighted by atomic mass is 35.5. The lowest BCUT2D eigenvalue weighted by Gasteiger charge is -2.16. The summed E-state index contributed by atoms with van der Waals surface area (Å²) in [5, 5.41) is 10.3. The summed E-state index contributed by atoms with van der Waals surface area (Å²) in [6.45, 7) is 1.98. The molecule has 1 amide bonds. The average molecular weight is 490 g/mol. The van der Waals surface area contributed by atoms with Crippen molar-refractivity contribution in [3.63, 3.8) is 0 Å². The van der Waals surface area contributed by atoms with Crippen LogP contribution in [0.15, 0.2) is 77.7 Å². The Hall–Kier alpha value is -2.25. The minimum Gasteiger partial charge on any atom is -0.332 e. The lowest BCUT2D eigenvalue weighted by atomic mass is 10.2. The first kappa shape index (κ1) is 23.4. The van der Waals surface area contributed by atoms with Crippen LogP contribution >= 0.6 is 47.2 Å². The second kappa shape index (κ2) is 11.4. The lowest BCUT2D eigenvalue weighted by Crippen LogP contribution is -2.24. The lowest BCUT2D eigenvalue weighted by molar-refractivity contribution is -0.115. The molecule has 0 aliphatic rings. The van der Waals surface area contributed by atoms with Gasteiger partial charge in [-0.05, 0) is 67.2 Å². The molecule has 1 atom stereocenters. The maximum Gasteiger partial charge on any atom is 0.237 e. The number of anilines is 3. The molecule has 3 aromatic rings. The molecule has 3 rings (SSSR count). The Labute approximate surface area is 201 Å². The van der Waals surface area contributed by atoms with Crippen molar-refractivity contribution < 1.29 is 4.79 Å². The molecule has 160 valence electrons. The van der Waals surface area contributed by atoms with Gasteiger partial charge >= 0.3 is 0 Å². The molecular formula is C23H21Cl2N3OS2. The first-order valence-electron chi connectivity index (χ1n) is 9.60. The maximum atomic E-state index is 12.8. The topological polar surface area (TPSA) is 53.2 Å². The molecule has 0 spiro atoms. The Morgan fingerprint density at radius 3 is 2.26 bits per heavy atom. The first-order valence-corrected chi connectivity index (χ1v) is 11.6. The van der Waals surface area contributed by atoms with E-state index in [4.69, 9.17) is 35.4 Å². The van der Waals surface area contributed by atoms with Gasteiger partial charge in [-0.25, -0.2) is 0 Å². The molecule has 0 aromatic heterocycles. The van der Waals surface area contributed by atoms with Gasteiger partial charge in [0.1, 0.15) is 0 Å². The molecule has 0 saturated heterocycles. The van der Waals surface area contributed by atoms with Crippen LogP contribution < -0.4 is 16.0 Å². The monoisotopic (exact) mass is 489 g/mol. The molecule has 0 radical (unpaired) electrons. The largest absolute Gasteiger partial charge is 0.332 e. The third-order valence-corrected chi connectivity index (χ3v) is 6.55. The first-order chi connectivity index (χ1) is 14.9. The summed E-state index contributed by atoms with van der Waals surface area (Å²) in [5.41, 5.74) is 2.37. The number of benzene rings is 3. The molecule has 0 fully saturated rings. The fourth-order valence-corrected chi connectivity index (χ4v) is 4.29. The summed E-state index contributed by atoms with van der Waals surface area (Å²) in [6, 6.07) is 22.6. The van der Waals surface area contributed by atoms with Crippen LogP contribution in [0.3, 0.4) is 0 Å². The van der Waals surface area contributed by atoms with Crippen LogP contribution in [0.1, 0.15) is 13.3 Å². The molecule has 0 saturated carbocycles. The number of para-hydroxylation sites is 1. The Bertz CT molecular complexity index is 1060. The molecule has 8 heteroatoms. The van der Waals surface area contributed by atoms with Crippen LogP contribution in [-0.2, 0) is 4.79 Å². The molecule has 0 heterocycles. The van der Waals surface area contributed by atoms with Gasteiger partial charge in [-0.3, -0.25) is 4.79 Å². The van der Waals surface area contributed by atoms with Gasteiger partial charge in [0.15, 0.2) is 5.11 Å². The zero-order valence-corrected chi connectivity index (χ0v) is 19.8. The highest BCUT2D eigenvalue weighted by Gasteiger charge is 2.18. The van der Waals surface area contributed by atoms with E-state index >= 15 is 0 Å². The molecule has 0 aliphatic heterocycles. The number of thioether (sulfide) groups is 1. The molecular weight excluding hydrogens is 469 g/mol. The molecule has 0 bridgehead atoms. The van der Waals surface area contributed by atoms with Gasteiger partial charge in [0.05, 0.1) is 15.3 Å². The Kier molecular flexibility index (Phi) is 8.60.